The first kappa shape index (κ1) is 14.3. The van der Waals surface area contributed by atoms with Crippen LogP contribution >= 0.6 is 0 Å². The Morgan fingerprint density at radius 1 is 1.26 bits per heavy atom. The van der Waals surface area contributed by atoms with Crippen LogP contribution in [0, 0.1) is 11.2 Å². The van der Waals surface area contributed by atoms with E-state index in [0.717, 1.165) is 25.8 Å². The lowest BCUT2D eigenvalue weighted by Gasteiger charge is -2.43. The van der Waals surface area contributed by atoms with Crippen molar-refractivity contribution in [3.63, 3.8) is 0 Å². The highest BCUT2D eigenvalue weighted by atomic mass is 19.1. The van der Waals surface area contributed by atoms with Crippen molar-refractivity contribution >= 4 is 5.69 Å². The van der Waals surface area contributed by atoms with Crippen molar-refractivity contribution in [3.05, 3.63) is 30.1 Å². The standard InChI is InChI=1S/C16H25FN2/c1-4-19(14-8-6-5-7-13(14)17)16(12-18)10-9-15(2,3)11-16/h5-8H,4,9-12,18H2,1-3H3. The van der Waals surface area contributed by atoms with Crippen LogP contribution in [0.2, 0.25) is 0 Å². The number of para-hydroxylation sites is 1. The van der Waals surface area contributed by atoms with Crippen LogP contribution in [0.3, 0.4) is 0 Å². The molecular formula is C16H25FN2. The molecule has 1 aromatic carbocycles. The summed E-state index contributed by atoms with van der Waals surface area (Å²) in [6.45, 7) is 8.00. The molecule has 0 aromatic heterocycles. The minimum Gasteiger partial charge on any atom is -0.362 e. The van der Waals surface area contributed by atoms with Crippen LogP contribution in [-0.4, -0.2) is 18.6 Å². The Morgan fingerprint density at radius 3 is 2.42 bits per heavy atom. The third kappa shape index (κ3) is 2.62. The third-order valence-corrected chi connectivity index (χ3v) is 4.49. The van der Waals surface area contributed by atoms with E-state index in [9.17, 15) is 4.39 Å². The zero-order chi connectivity index (χ0) is 14.1. The van der Waals surface area contributed by atoms with Crippen molar-refractivity contribution in [2.45, 2.75) is 45.6 Å². The summed E-state index contributed by atoms with van der Waals surface area (Å²) in [5, 5.41) is 0. The molecule has 0 aliphatic heterocycles. The number of nitrogens with zero attached hydrogens (tertiary/aromatic N) is 1. The number of hydrogen-bond acceptors (Lipinski definition) is 2. The minimum absolute atomic E-state index is 0.0968. The summed E-state index contributed by atoms with van der Waals surface area (Å²) in [4.78, 5) is 2.18. The van der Waals surface area contributed by atoms with E-state index in [0.29, 0.717) is 12.2 Å². The molecule has 1 fully saturated rings. The third-order valence-electron chi connectivity index (χ3n) is 4.49. The average molecular weight is 264 g/mol. The second-order valence-corrected chi connectivity index (χ2v) is 6.47. The number of likely N-dealkylation sites (N-methyl/N-ethyl adjacent to an activating group) is 1. The van der Waals surface area contributed by atoms with E-state index in [-0.39, 0.29) is 16.8 Å². The van der Waals surface area contributed by atoms with Crippen molar-refractivity contribution in [3.8, 4) is 0 Å². The molecule has 0 amide bonds. The van der Waals surface area contributed by atoms with Crippen LogP contribution in [0.1, 0.15) is 40.0 Å². The Bertz CT molecular complexity index is 444. The Balaban J connectivity index is 2.38. The van der Waals surface area contributed by atoms with Gasteiger partial charge >= 0.3 is 0 Å². The van der Waals surface area contributed by atoms with Crippen LogP contribution in [0.25, 0.3) is 0 Å². The molecule has 19 heavy (non-hydrogen) atoms. The number of nitrogens with two attached hydrogens (primary N) is 1. The van der Waals surface area contributed by atoms with Gasteiger partial charge in [0.05, 0.1) is 11.2 Å². The number of anilines is 1. The van der Waals surface area contributed by atoms with Crippen molar-refractivity contribution in [2.24, 2.45) is 11.1 Å². The van der Waals surface area contributed by atoms with Crippen molar-refractivity contribution in [1.29, 1.82) is 0 Å². The van der Waals surface area contributed by atoms with E-state index >= 15 is 0 Å². The van der Waals surface area contributed by atoms with Crippen LogP contribution in [0.15, 0.2) is 24.3 Å². The van der Waals surface area contributed by atoms with Crippen LogP contribution in [-0.2, 0) is 0 Å². The monoisotopic (exact) mass is 264 g/mol. The lowest BCUT2D eigenvalue weighted by Crippen LogP contribution is -2.53. The maximum Gasteiger partial charge on any atom is 0.146 e. The normalized spacial score (nSPS) is 25.5. The largest absolute Gasteiger partial charge is 0.362 e. The van der Waals surface area contributed by atoms with Gasteiger partial charge in [0.1, 0.15) is 5.82 Å². The van der Waals surface area contributed by atoms with Gasteiger partial charge in [0.25, 0.3) is 0 Å². The number of hydrogen-bond donors (Lipinski definition) is 1. The molecule has 1 aliphatic rings. The Morgan fingerprint density at radius 2 is 1.95 bits per heavy atom. The highest BCUT2D eigenvalue weighted by Gasteiger charge is 2.46. The maximum atomic E-state index is 14.1. The van der Waals surface area contributed by atoms with Gasteiger partial charge in [-0.2, -0.15) is 0 Å². The fourth-order valence-electron chi connectivity index (χ4n) is 3.59. The van der Waals surface area contributed by atoms with Crippen molar-refractivity contribution < 1.29 is 4.39 Å². The Labute approximate surface area is 115 Å². The fourth-order valence-corrected chi connectivity index (χ4v) is 3.59. The van der Waals surface area contributed by atoms with E-state index in [4.69, 9.17) is 5.73 Å². The second kappa shape index (κ2) is 5.12. The van der Waals surface area contributed by atoms with E-state index in [1.165, 1.54) is 6.07 Å². The highest BCUT2D eigenvalue weighted by Crippen LogP contribution is 2.47. The molecule has 0 bridgehead atoms. The Hall–Kier alpha value is -1.09. The number of benzene rings is 1. The molecule has 0 radical (unpaired) electrons. The zero-order valence-electron chi connectivity index (χ0n) is 12.2. The molecule has 3 heteroatoms. The summed E-state index contributed by atoms with van der Waals surface area (Å²) in [6, 6.07) is 7.02. The van der Waals surface area contributed by atoms with Gasteiger partial charge in [0.15, 0.2) is 0 Å². The van der Waals surface area contributed by atoms with Crippen molar-refractivity contribution in [2.75, 3.05) is 18.0 Å². The molecule has 2 nitrogen and oxygen atoms in total. The molecule has 2 rings (SSSR count). The van der Waals surface area contributed by atoms with Gasteiger partial charge in [0.2, 0.25) is 0 Å². The smallest absolute Gasteiger partial charge is 0.146 e. The van der Waals surface area contributed by atoms with Gasteiger partial charge < -0.3 is 10.6 Å². The molecule has 1 aliphatic carbocycles. The molecule has 1 unspecified atom stereocenters. The van der Waals surface area contributed by atoms with Gasteiger partial charge in [-0.05, 0) is 43.7 Å². The van der Waals surface area contributed by atoms with E-state index < -0.39 is 0 Å². The van der Waals surface area contributed by atoms with Crippen molar-refractivity contribution in [1.82, 2.24) is 0 Å². The average Bonchev–Trinajstić information content (AvgIpc) is 2.70. The van der Waals surface area contributed by atoms with Crippen LogP contribution in [0.4, 0.5) is 10.1 Å². The molecule has 1 aromatic rings. The first-order chi connectivity index (χ1) is 8.94. The summed E-state index contributed by atoms with van der Waals surface area (Å²) in [7, 11) is 0. The highest BCUT2D eigenvalue weighted by molar-refractivity contribution is 5.51. The summed E-state index contributed by atoms with van der Waals surface area (Å²) in [5.74, 6) is -0.151. The lowest BCUT2D eigenvalue weighted by atomic mass is 9.86. The number of rotatable bonds is 4. The summed E-state index contributed by atoms with van der Waals surface area (Å²) in [6.07, 6.45) is 3.21. The lowest BCUT2D eigenvalue weighted by molar-refractivity contribution is 0.325. The van der Waals surface area contributed by atoms with E-state index in [1.54, 1.807) is 6.07 Å². The zero-order valence-corrected chi connectivity index (χ0v) is 12.2. The maximum absolute atomic E-state index is 14.1. The molecule has 0 saturated heterocycles. The van der Waals surface area contributed by atoms with Gasteiger partial charge in [-0.3, -0.25) is 0 Å². The topological polar surface area (TPSA) is 29.3 Å². The molecular weight excluding hydrogens is 239 g/mol. The molecule has 1 saturated carbocycles. The fraction of sp³-hybridized carbons (Fsp3) is 0.625. The quantitative estimate of drug-likeness (QED) is 0.901. The second-order valence-electron chi connectivity index (χ2n) is 6.47. The summed E-state index contributed by atoms with van der Waals surface area (Å²) < 4.78 is 14.1. The predicted molar refractivity (Wildman–Crippen MR) is 78.8 cm³/mol. The first-order valence-corrected chi connectivity index (χ1v) is 7.16. The minimum atomic E-state index is -0.151. The van der Waals surface area contributed by atoms with E-state index in [2.05, 4.69) is 25.7 Å². The molecule has 106 valence electrons. The Kier molecular flexibility index (Phi) is 3.86. The molecule has 2 N–H and O–H groups in total. The summed E-state index contributed by atoms with van der Waals surface area (Å²) in [5.41, 5.74) is 6.97. The SMILES string of the molecule is CCN(c1ccccc1F)C1(CN)CCC(C)(C)C1. The van der Waals surface area contributed by atoms with Gasteiger partial charge in [-0.15, -0.1) is 0 Å². The number of halogens is 1. The van der Waals surface area contributed by atoms with E-state index in [1.807, 2.05) is 12.1 Å². The van der Waals surface area contributed by atoms with Gasteiger partial charge in [0, 0.05) is 13.1 Å². The van der Waals surface area contributed by atoms with Gasteiger partial charge in [-0.1, -0.05) is 26.0 Å². The predicted octanol–water partition coefficient (Wildman–Crippen LogP) is 3.56. The molecule has 0 spiro atoms. The van der Waals surface area contributed by atoms with Gasteiger partial charge in [-0.25, -0.2) is 4.39 Å². The summed E-state index contributed by atoms with van der Waals surface area (Å²) >= 11 is 0. The van der Waals surface area contributed by atoms with Crippen LogP contribution in [0.5, 0.6) is 0 Å². The molecule has 0 heterocycles. The molecule has 1 atom stereocenters. The first-order valence-electron chi connectivity index (χ1n) is 7.16. The van der Waals surface area contributed by atoms with Crippen LogP contribution < -0.4 is 10.6 Å².